The fourth-order valence-corrected chi connectivity index (χ4v) is 0.990. The van der Waals surface area contributed by atoms with Gasteiger partial charge >= 0.3 is 12.0 Å². The largest absolute Gasteiger partial charge is 0.348 e. The number of hydroxylamine groups is 1. The van der Waals surface area contributed by atoms with Crippen LogP contribution >= 0.6 is 0 Å². The van der Waals surface area contributed by atoms with Crippen molar-refractivity contribution >= 4 is 12.0 Å². The van der Waals surface area contributed by atoms with Gasteiger partial charge in [0.05, 0.1) is 0 Å². The number of hydrogen-bond acceptors (Lipinski definition) is 3. The molecule has 0 saturated heterocycles. The molecule has 0 fully saturated rings. The van der Waals surface area contributed by atoms with Crippen molar-refractivity contribution in [3.63, 3.8) is 0 Å². The number of amides is 2. The third-order valence-electron chi connectivity index (χ3n) is 1.84. The quantitative estimate of drug-likeness (QED) is 0.759. The van der Waals surface area contributed by atoms with Gasteiger partial charge in [-0.2, -0.15) is 5.48 Å². The number of urea groups is 1. The molecule has 5 heteroatoms. The Labute approximate surface area is 93.7 Å². The predicted molar refractivity (Wildman–Crippen MR) is 58.2 cm³/mol. The zero-order chi connectivity index (χ0) is 11.8. The molecule has 0 bridgehead atoms. The normalized spacial score (nSPS) is 9.31. The molecular formula is C11H14N2O3. The van der Waals surface area contributed by atoms with Crippen LogP contribution in [0.3, 0.4) is 0 Å². The van der Waals surface area contributed by atoms with Gasteiger partial charge in [-0.3, -0.25) is 0 Å². The second kappa shape index (κ2) is 6.44. The van der Waals surface area contributed by atoms with Gasteiger partial charge in [-0.1, -0.05) is 37.3 Å². The Bertz CT molecular complexity index is 352. The second-order valence-corrected chi connectivity index (χ2v) is 3.10. The summed E-state index contributed by atoms with van der Waals surface area (Å²) in [5.41, 5.74) is 2.98. The average Bonchev–Trinajstić information content (AvgIpc) is 2.34. The van der Waals surface area contributed by atoms with Crippen molar-refractivity contribution in [2.24, 2.45) is 0 Å². The Balaban J connectivity index is 2.23. The van der Waals surface area contributed by atoms with Gasteiger partial charge in [0.2, 0.25) is 0 Å². The average molecular weight is 222 g/mol. The Morgan fingerprint density at radius 2 is 1.94 bits per heavy atom. The molecule has 86 valence electrons. The Kier molecular flexibility index (Phi) is 4.85. The molecule has 0 heterocycles. The fraction of sp³-hybridized carbons (Fsp3) is 0.273. The number of benzene rings is 1. The molecule has 16 heavy (non-hydrogen) atoms. The molecule has 1 aromatic carbocycles. The third-order valence-corrected chi connectivity index (χ3v) is 1.84. The summed E-state index contributed by atoms with van der Waals surface area (Å²) < 4.78 is 0. The van der Waals surface area contributed by atoms with Crippen LogP contribution in [0.15, 0.2) is 30.3 Å². The molecule has 0 radical (unpaired) electrons. The van der Waals surface area contributed by atoms with E-state index in [1.165, 1.54) is 0 Å². The number of hydrogen-bond donors (Lipinski definition) is 2. The van der Waals surface area contributed by atoms with Crippen LogP contribution in [0, 0.1) is 0 Å². The van der Waals surface area contributed by atoms with E-state index in [0.29, 0.717) is 6.54 Å². The summed E-state index contributed by atoms with van der Waals surface area (Å²) >= 11 is 0. The smallest absolute Gasteiger partial charge is 0.339 e. The van der Waals surface area contributed by atoms with Crippen molar-refractivity contribution in [1.82, 2.24) is 10.8 Å². The zero-order valence-electron chi connectivity index (χ0n) is 9.03. The van der Waals surface area contributed by atoms with Crippen LogP contribution in [-0.4, -0.2) is 12.0 Å². The minimum Gasteiger partial charge on any atom is -0.339 e. The molecule has 0 spiro atoms. The van der Waals surface area contributed by atoms with Crippen LogP contribution in [0.1, 0.15) is 18.9 Å². The fourth-order valence-electron chi connectivity index (χ4n) is 0.990. The SMILES string of the molecule is CCC(=O)ONC(=O)NCc1ccccc1. The standard InChI is InChI=1S/C11H14N2O3/c1-2-10(14)16-13-11(15)12-8-9-6-4-3-5-7-9/h3-7H,2,8H2,1H3,(H2,12,13,15). The van der Waals surface area contributed by atoms with Crippen LogP contribution in [0.4, 0.5) is 4.79 Å². The molecule has 0 aliphatic rings. The van der Waals surface area contributed by atoms with E-state index in [1.807, 2.05) is 35.8 Å². The Hall–Kier alpha value is -2.04. The van der Waals surface area contributed by atoms with Gasteiger partial charge in [-0.05, 0) is 5.56 Å². The van der Waals surface area contributed by atoms with E-state index in [9.17, 15) is 9.59 Å². The first-order valence-corrected chi connectivity index (χ1v) is 4.99. The monoisotopic (exact) mass is 222 g/mol. The summed E-state index contributed by atoms with van der Waals surface area (Å²) in [6.45, 7) is 2.03. The Morgan fingerprint density at radius 3 is 2.56 bits per heavy atom. The number of nitrogens with one attached hydrogen (secondary N) is 2. The van der Waals surface area contributed by atoms with Crippen LogP contribution < -0.4 is 10.8 Å². The van der Waals surface area contributed by atoms with Crippen molar-refractivity contribution < 1.29 is 14.4 Å². The van der Waals surface area contributed by atoms with Crippen LogP contribution in [0.25, 0.3) is 0 Å². The molecule has 5 nitrogen and oxygen atoms in total. The van der Waals surface area contributed by atoms with Gasteiger partial charge in [-0.25, -0.2) is 9.59 Å². The van der Waals surface area contributed by atoms with Crippen LogP contribution in [-0.2, 0) is 16.2 Å². The van der Waals surface area contributed by atoms with E-state index in [-0.39, 0.29) is 6.42 Å². The van der Waals surface area contributed by atoms with Gasteiger partial charge in [-0.15, -0.1) is 0 Å². The lowest BCUT2D eigenvalue weighted by atomic mass is 10.2. The topological polar surface area (TPSA) is 67.4 Å². The summed E-state index contributed by atoms with van der Waals surface area (Å²) in [6, 6.07) is 8.90. The molecule has 0 aliphatic carbocycles. The van der Waals surface area contributed by atoms with Gasteiger partial charge in [0.1, 0.15) is 0 Å². The minimum atomic E-state index is -0.536. The number of carbonyl (C=O) groups excluding carboxylic acids is 2. The van der Waals surface area contributed by atoms with E-state index >= 15 is 0 Å². The predicted octanol–water partition coefficient (Wildman–Crippen LogP) is 1.35. The highest BCUT2D eigenvalue weighted by molar-refractivity contribution is 5.76. The van der Waals surface area contributed by atoms with Crippen molar-refractivity contribution in [2.45, 2.75) is 19.9 Å². The van der Waals surface area contributed by atoms with Crippen LogP contribution in [0.2, 0.25) is 0 Å². The first-order chi connectivity index (χ1) is 7.72. The molecule has 0 aliphatic heterocycles. The molecule has 0 aromatic heterocycles. The summed E-state index contributed by atoms with van der Waals surface area (Å²) in [4.78, 5) is 26.3. The summed E-state index contributed by atoms with van der Waals surface area (Å²) in [5.74, 6) is -0.477. The molecule has 2 amide bonds. The molecule has 1 rings (SSSR count). The highest BCUT2D eigenvalue weighted by Gasteiger charge is 2.03. The van der Waals surface area contributed by atoms with Gasteiger partial charge in [0, 0.05) is 13.0 Å². The lowest BCUT2D eigenvalue weighted by molar-refractivity contribution is -0.148. The van der Waals surface area contributed by atoms with Gasteiger partial charge < -0.3 is 10.2 Å². The molecule has 0 atom stereocenters. The summed E-state index contributed by atoms with van der Waals surface area (Å²) in [6.07, 6.45) is 0.221. The lowest BCUT2D eigenvalue weighted by Crippen LogP contribution is -2.36. The van der Waals surface area contributed by atoms with E-state index in [2.05, 4.69) is 10.2 Å². The third kappa shape index (κ3) is 4.45. The lowest BCUT2D eigenvalue weighted by Gasteiger charge is -2.06. The van der Waals surface area contributed by atoms with Crippen LogP contribution in [0.5, 0.6) is 0 Å². The maximum atomic E-state index is 11.1. The number of carbonyl (C=O) groups is 2. The maximum Gasteiger partial charge on any atom is 0.348 e. The molecule has 0 unspecified atom stereocenters. The van der Waals surface area contributed by atoms with Crippen molar-refractivity contribution in [3.8, 4) is 0 Å². The van der Waals surface area contributed by atoms with Crippen molar-refractivity contribution in [3.05, 3.63) is 35.9 Å². The first-order valence-electron chi connectivity index (χ1n) is 4.99. The maximum absolute atomic E-state index is 11.1. The van der Waals surface area contributed by atoms with E-state index in [0.717, 1.165) is 5.56 Å². The highest BCUT2D eigenvalue weighted by Crippen LogP contribution is 1.96. The molecular weight excluding hydrogens is 208 g/mol. The van der Waals surface area contributed by atoms with E-state index in [4.69, 9.17) is 0 Å². The minimum absolute atomic E-state index is 0.221. The van der Waals surface area contributed by atoms with Gasteiger partial charge in [0.25, 0.3) is 0 Å². The molecule has 2 N–H and O–H groups in total. The molecule has 1 aromatic rings. The van der Waals surface area contributed by atoms with E-state index in [1.54, 1.807) is 6.92 Å². The summed E-state index contributed by atoms with van der Waals surface area (Å²) in [7, 11) is 0. The highest BCUT2D eigenvalue weighted by atomic mass is 16.7. The van der Waals surface area contributed by atoms with E-state index < -0.39 is 12.0 Å². The molecule has 0 saturated carbocycles. The van der Waals surface area contributed by atoms with Crippen molar-refractivity contribution in [1.29, 1.82) is 0 Å². The number of rotatable bonds is 3. The van der Waals surface area contributed by atoms with Crippen molar-refractivity contribution in [2.75, 3.05) is 0 Å². The zero-order valence-corrected chi connectivity index (χ0v) is 9.03. The summed E-state index contributed by atoms with van der Waals surface area (Å²) in [5, 5.41) is 2.55. The second-order valence-electron chi connectivity index (χ2n) is 3.10. The Morgan fingerprint density at radius 1 is 1.25 bits per heavy atom. The van der Waals surface area contributed by atoms with Gasteiger partial charge in [0.15, 0.2) is 0 Å². The first kappa shape index (κ1) is 12.0.